The zero-order valence-electron chi connectivity index (χ0n) is 9.93. The van der Waals surface area contributed by atoms with Crippen molar-refractivity contribution >= 4 is 17.6 Å². The van der Waals surface area contributed by atoms with Crippen LogP contribution in [-0.2, 0) is 4.79 Å². The van der Waals surface area contributed by atoms with Gasteiger partial charge in [0.15, 0.2) is 0 Å². The number of carboxylic acid groups (broad SMARTS) is 1. The molecule has 0 fully saturated rings. The number of carbonyl (C=O) groups is 2. The maximum atomic E-state index is 11.5. The summed E-state index contributed by atoms with van der Waals surface area (Å²) in [7, 11) is 0. The molecule has 2 N–H and O–H groups in total. The molecule has 0 aliphatic rings. The lowest BCUT2D eigenvalue weighted by Gasteiger charge is -2.06. The average Bonchev–Trinajstić information content (AvgIpc) is 2.26. The summed E-state index contributed by atoms with van der Waals surface area (Å²) >= 11 is 0. The van der Waals surface area contributed by atoms with Gasteiger partial charge in [0.05, 0.1) is 0 Å². The fourth-order valence-corrected chi connectivity index (χ4v) is 1.27. The van der Waals surface area contributed by atoms with E-state index in [1.807, 2.05) is 13.8 Å². The highest BCUT2D eigenvalue weighted by atomic mass is 16.4. The SMILES string of the molecule is CC(C)CCC(=O)Nc1ccnc(C(=O)O)c1. The van der Waals surface area contributed by atoms with Crippen LogP contribution in [-0.4, -0.2) is 22.0 Å². The number of nitrogens with zero attached hydrogens (tertiary/aromatic N) is 1. The number of hydrogen-bond acceptors (Lipinski definition) is 3. The Morgan fingerprint density at radius 1 is 1.47 bits per heavy atom. The molecule has 0 atom stereocenters. The Kier molecular flexibility index (Phi) is 4.63. The van der Waals surface area contributed by atoms with Gasteiger partial charge in [-0.3, -0.25) is 4.79 Å². The van der Waals surface area contributed by atoms with Crippen LogP contribution in [0.2, 0.25) is 0 Å². The van der Waals surface area contributed by atoms with Crippen LogP contribution in [0.3, 0.4) is 0 Å². The zero-order chi connectivity index (χ0) is 12.8. The summed E-state index contributed by atoms with van der Waals surface area (Å²) in [6.07, 6.45) is 2.60. The molecule has 0 saturated carbocycles. The van der Waals surface area contributed by atoms with Crippen molar-refractivity contribution in [1.29, 1.82) is 0 Å². The normalized spacial score (nSPS) is 10.3. The number of aromatic carboxylic acids is 1. The van der Waals surface area contributed by atoms with Crippen LogP contribution in [0.1, 0.15) is 37.2 Å². The zero-order valence-corrected chi connectivity index (χ0v) is 9.93. The molecule has 0 bridgehead atoms. The minimum Gasteiger partial charge on any atom is -0.477 e. The number of pyridine rings is 1. The third-order valence-electron chi connectivity index (χ3n) is 2.21. The quantitative estimate of drug-likeness (QED) is 0.821. The Hall–Kier alpha value is -1.91. The van der Waals surface area contributed by atoms with Crippen LogP contribution in [0.4, 0.5) is 5.69 Å². The second-order valence-corrected chi connectivity index (χ2v) is 4.22. The van der Waals surface area contributed by atoms with Crippen LogP contribution in [0.25, 0.3) is 0 Å². The molecular formula is C12H16N2O3. The number of amides is 1. The molecule has 0 unspecified atom stereocenters. The molecule has 1 amide bonds. The summed E-state index contributed by atoms with van der Waals surface area (Å²) in [5.74, 6) is -0.753. The molecule has 92 valence electrons. The van der Waals surface area contributed by atoms with Crippen molar-refractivity contribution in [2.24, 2.45) is 5.92 Å². The first-order chi connectivity index (χ1) is 7.99. The van der Waals surface area contributed by atoms with Crippen LogP contribution < -0.4 is 5.32 Å². The van der Waals surface area contributed by atoms with Gasteiger partial charge in [0.2, 0.25) is 5.91 Å². The maximum absolute atomic E-state index is 11.5. The first kappa shape index (κ1) is 13.2. The topological polar surface area (TPSA) is 79.3 Å². The number of carbonyl (C=O) groups excluding carboxylic acids is 1. The summed E-state index contributed by atoms with van der Waals surface area (Å²) in [6.45, 7) is 4.09. The first-order valence-electron chi connectivity index (χ1n) is 5.48. The van der Waals surface area contributed by atoms with Crippen LogP contribution in [0.15, 0.2) is 18.3 Å². The number of carboxylic acids is 1. The van der Waals surface area contributed by atoms with E-state index in [2.05, 4.69) is 10.3 Å². The van der Waals surface area contributed by atoms with Gasteiger partial charge in [-0.1, -0.05) is 13.8 Å². The molecule has 1 heterocycles. The van der Waals surface area contributed by atoms with Crippen molar-refractivity contribution in [3.63, 3.8) is 0 Å². The summed E-state index contributed by atoms with van der Waals surface area (Å²) in [5.41, 5.74) is 0.387. The molecule has 17 heavy (non-hydrogen) atoms. The second-order valence-electron chi connectivity index (χ2n) is 4.22. The first-order valence-corrected chi connectivity index (χ1v) is 5.48. The Balaban J connectivity index is 2.59. The molecule has 1 rings (SSSR count). The third kappa shape index (κ3) is 4.63. The van der Waals surface area contributed by atoms with E-state index in [4.69, 9.17) is 5.11 Å². The highest BCUT2D eigenvalue weighted by Gasteiger charge is 2.07. The number of hydrogen-bond donors (Lipinski definition) is 2. The Labute approximate surface area is 99.9 Å². The standard InChI is InChI=1S/C12H16N2O3/c1-8(2)3-4-11(15)14-9-5-6-13-10(7-9)12(16)17/h5-8H,3-4H2,1-2H3,(H,16,17)(H,13,14,15). The van der Waals surface area contributed by atoms with Crippen molar-refractivity contribution in [1.82, 2.24) is 4.98 Å². The maximum Gasteiger partial charge on any atom is 0.354 e. The monoisotopic (exact) mass is 236 g/mol. The summed E-state index contributed by atoms with van der Waals surface area (Å²) in [6, 6.07) is 2.91. The fraction of sp³-hybridized carbons (Fsp3) is 0.417. The van der Waals surface area contributed by atoms with Crippen molar-refractivity contribution in [2.45, 2.75) is 26.7 Å². The van der Waals surface area contributed by atoms with Crippen molar-refractivity contribution in [3.8, 4) is 0 Å². The van der Waals surface area contributed by atoms with E-state index < -0.39 is 5.97 Å². The van der Waals surface area contributed by atoms with E-state index in [0.29, 0.717) is 18.0 Å². The lowest BCUT2D eigenvalue weighted by atomic mass is 10.1. The van der Waals surface area contributed by atoms with Crippen molar-refractivity contribution < 1.29 is 14.7 Å². The van der Waals surface area contributed by atoms with Crippen LogP contribution in [0.5, 0.6) is 0 Å². The van der Waals surface area contributed by atoms with E-state index >= 15 is 0 Å². The minimum atomic E-state index is -1.11. The van der Waals surface area contributed by atoms with Crippen LogP contribution in [0, 0.1) is 5.92 Å². The third-order valence-corrected chi connectivity index (χ3v) is 2.21. The van der Waals surface area contributed by atoms with Gasteiger partial charge in [0, 0.05) is 18.3 Å². The van der Waals surface area contributed by atoms with E-state index in [-0.39, 0.29) is 11.6 Å². The molecule has 0 spiro atoms. The fourth-order valence-electron chi connectivity index (χ4n) is 1.27. The Morgan fingerprint density at radius 2 is 2.18 bits per heavy atom. The summed E-state index contributed by atoms with van der Waals surface area (Å²) in [4.78, 5) is 25.9. The molecule has 0 aliphatic heterocycles. The molecule has 1 aromatic rings. The van der Waals surface area contributed by atoms with Gasteiger partial charge in [-0.05, 0) is 24.5 Å². The van der Waals surface area contributed by atoms with E-state index in [0.717, 1.165) is 6.42 Å². The number of anilines is 1. The van der Waals surface area contributed by atoms with Crippen LogP contribution >= 0.6 is 0 Å². The predicted octanol–water partition coefficient (Wildman–Crippen LogP) is 2.15. The van der Waals surface area contributed by atoms with Gasteiger partial charge in [-0.2, -0.15) is 0 Å². The van der Waals surface area contributed by atoms with E-state index in [1.165, 1.54) is 12.3 Å². The van der Waals surface area contributed by atoms with Gasteiger partial charge in [-0.15, -0.1) is 0 Å². The average molecular weight is 236 g/mol. The molecule has 0 saturated heterocycles. The number of rotatable bonds is 5. The Bertz CT molecular complexity index is 416. The second kappa shape index (κ2) is 5.98. The molecular weight excluding hydrogens is 220 g/mol. The molecule has 0 aliphatic carbocycles. The largest absolute Gasteiger partial charge is 0.477 e. The predicted molar refractivity (Wildman–Crippen MR) is 63.9 cm³/mol. The highest BCUT2D eigenvalue weighted by Crippen LogP contribution is 2.10. The summed E-state index contributed by atoms with van der Waals surface area (Å²) in [5, 5.41) is 11.4. The van der Waals surface area contributed by atoms with Gasteiger partial charge < -0.3 is 10.4 Å². The van der Waals surface area contributed by atoms with Gasteiger partial charge in [-0.25, -0.2) is 9.78 Å². The number of nitrogens with one attached hydrogen (secondary N) is 1. The molecule has 0 aromatic carbocycles. The van der Waals surface area contributed by atoms with E-state index in [9.17, 15) is 9.59 Å². The molecule has 5 heteroatoms. The van der Waals surface area contributed by atoms with Gasteiger partial charge in [0.1, 0.15) is 5.69 Å². The molecule has 5 nitrogen and oxygen atoms in total. The lowest BCUT2D eigenvalue weighted by Crippen LogP contribution is -2.13. The molecule has 0 radical (unpaired) electrons. The Morgan fingerprint density at radius 3 is 2.76 bits per heavy atom. The van der Waals surface area contributed by atoms with Gasteiger partial charge >= 0.3 is 5.97 Å². The highest BCUT2D eigenvalue weighted by molar-refractivity contribution is 5.92. The number of aromatic nitrogens is 1. The lowest BCUT2D eigenvalue weighted by molar-refractivity contribution is -0.116. The molecule has 1 aromatic heterocycles. The summed E-state index contributed by atoms with van der Waals surface area (Å²) < 4.78 is 0. The van der Waals surface area contributed by atoms with Crippen molar-refractivity contribution in [2.75, 3.05) is 5.32 Å². The minimum absolute atomic E-state index is 0.0772. The smallest absolute Gasteiger partial charge is 0.354 e. The van der Waals surface area contributed by atoms with Gasteiger partial charge in [0.25, 0.3) is 0 Å². The van der Waals surface area contributed by atoms with Crippen molar-refractivity contribution in [3.05, 3.63) is 24.0 Å². The van der Waals surface area contributed by atoms with E-state index in [1.54, 1.807) is 6.07 Å².